The molecule has 3 heterocycles. The van der Waals surface area contributed by atoms with Gasteiger partial charge in [0.2, 0.25) is 0 Å². The number of anilines is 1. The quantitative estimate of drug-likeness (QED) is 0.354. The lowest BCUT2D eigenvalue weighted by molar-refractivity contribution is 0.937. The van der Waals surface area contributed by atoms with Gasteiger partial charge >= 0.3 is 0 Å². The zero-order valence-corrected chi connectivity index (χ0v) is 18.6. The summed E-state index contributed by atoms with van der Waals surface area (Å²) >= 11 is 5.73. The molecule has 0 saturated heterocycles. The summed E-state index contributed by atoms with van der Waals surface area (Å²) in [6.07, 6.45) is 5.11. The molecule has 1 N–H and O–H groups in total. The van der Waals surface area contributed by atoms with E-state index in [4.69, 9.17) is 0 Å². The molecule has 0 spiro atoms. The molecule has 4 aromatic rings. The number of hydrogen-bond donors (Lipinski definition) is 1. The second kappa shape index (κ2) is 8.19. The predicted octanol–water partition coefficient (Wildman–Crippen LogP) is 5.12. The van der Waals surface area contributed by atoms with E-state index in [1.807, 2.05) is 36.4 Å². The van der Waals surface area contributed by atoms with Gasteiger partial charge in [-0.25, -0.2) is 4.52 Å². The number of nitrogens with zero attached hydrogens (tertiary/aromatic N) is 5. The van der Waals surface area contributed by atoms with Gasteiger partial charge in [0.1, 0.15) is 29.0 Å². The van der Waals surface area contributed by atoms with Crippen molar-refractivity contribution in [3.05, 3.63) is 79.7 Å². The van der Waals surface area contributed by atoms with Crippen molar-refractivity contribution in [1.82, 2.24) is 14.6 Å². The molecule has 8 heteroatoms. The molecule has 0 bridgehead atoms. The minimum atomic E-state index is 0.373. The summed E-state index contributed by atoms with van der Waals surface area (Å²) in [4.78, 5) is 4.13. The molecular formula is C21H12BrIN6. The van der Waals surface area contributed by atoms with Crippen molar-refractivity contribution in [2.24, 2.45) is 0 Å². The Morgan fingerprint density at radius 1 is 1.07 bits per heavy atom. The number of benzene rings is 1. The molecule has 0 atom stereocenters. The number of halogens is 2. The first kappa shape index (κ1) is 19.4. The Hall–Kier alpha value is -2.95. The largest absolute Gasteiger partial charge is 0.365 e. The van der Waals surface area contributed by atoms with Gasteiger partial charge in [-0.15, -0.1) is 0 Å². The summed E-state index contributed by atoms with van der Waals surface area (Å²) in [5.74, 6) is 0.533. The van der Waals surface area contributed by atoms with E-state index in [2.05, 4.69) is 66.1 Å². The highest BCUT2D eigenvalue weighted by Crippen LogP contribution is 2.39. The molecule has 3 aromatic heterocycles. The summed E-state index contributed by atoms with van der Waals surface area (Å²) in [7, 11) is 0. The van der Waals surface area contributed by atoms with Crippen molar-refractivity contribution >= 4 is 49.9 Å². The van der Waals surface area contributed by atoms with Gasteiger partial charge in [-0.2, -0.15) is 15.6 Å². The Bertz CT molecular complexity index is 1300. The summed E-state index contributed by atoms with van der Waals surface area (Å²) in [6.45, 7) is 0.465. The van der Waals surface area contributed by atoms with Gasteiger partial charge in [0.15, 0.2) is 0 Å². The van der Waals surface area contributed by atoms with Crippen molar-refractivity contribution < 1.29 is 0 Å². The van der Waals surface area contributed by atoms with Crippen LogP contribution in [0.15, 0.2) is 59.5 Å². The van der Waals surface area contributed by atoms with Gasteiger partial charge in [0.05, 0.1) is 16.2 Å². The smallest absolute Gasteiger partial charge is 0.147 e. The minimum Gasteiger partial charge on any atom is -0.365 e. The van der Waals surface area contributed by atoms with E-state index in [1.54, 1.807) is 23.1 Å². The normalized spacial score (nSPS) is 10.5. The molecule has 0 radical (unpaired) electrons. The van der Waals surface area contributed by atoms with Crippen LogP contribution in [0.5, 0.6) is 0 Å². The third-order valence-electron chi connectivity index (χ3n) is 4.46. The first-order valence-electron chi connectivity index (χ1n) is 8.56. The second-order valence-corrected chi connectivity index (χ2v) is 8.16. The molecule has 6 nitrogen and oxygen atoms in total. The van der Waals surface area contributed by atoms with E-state index in [-0.39, 0.29) is 0 Å². The topological polar surface area (TPSA) is 89.8 Å². The highest BCUT2D eigenvalue weighted by atomic mass is 127. The summed E-state index contributed by atoms with van der Waals surface area (Å²) < 4.78 is 3.25. The zero-order valence-electron chi connectivity index (χ0n) is 14.9. The number of aromatic nitrogens is 3. The maximum atomic E-state index is 10.1. The lowest BCUT2D eigenvalue weighted by atomic mass is 9.95. The van der Waals surface area contributed by atoms with Crippen LogP contribution >= 0.6 is 38.5 Å². The zero-order chi connectivity index (χ0) is 20.4. The number of rotatable bonds is 4. The number of nitrogens with one attached hydrogen (secondary N) is 1. The highest BCUT2D eigenvalue weighted by Gasteiger charge is 2.24. The monoisotopic (exact) mass is 554 g/mol. The average Bonchev–Trinajstić information content (AvgIpc) is 3.13. The van der Waals surface area contributed by atoms with Gasteiger partial charge in [-0.1, -0.05) is 24.3 Å². The van der Waals surface area contributed by atoms with Crippen molar-refractivity contribution in [1.29, 1.82) is 10.5 Å². The molecular weight excluding hydrogens is 543 g/mol. The van der Waals surface area contributed by atoms with Crippen molar-refractivity contribution in [2.75, 3.05) is 5.32 Å². The van der Waals surface area contributed by atoms with Crippen molar-refractivity contribution in [2.45, 2.75) is 6.54 Å². The van der Waals surface area contributed by atoms with Crippen LogP contribution in [0.4, 0.5) is 5.82 Å². The third kappa shape index (κ3) is 3.46. The number of pyridine rings is 2. The maximum absolute atomic E-state index is 10.1. The van der Waals surface area contributed by atoms with E-state index in [1.165, 1.54) is 0 Å². The van der Waals surface area contributed by atoms with Crippen LogP contribution in [-0.4, -0.2) is 14.6 Å². The van der Waals surface area contributed by atoms with E-state index in [0.717, 1.165) is 14.7 Å². The molecule has 1 aromatic carbocycles. The number of fused-ring (bicyclic) bond motifs is 1. The molecule has 0 fully saturated rings. The standard InChI is InChI=1S/C21H12BrIN6/c22-17-12-28-29-20(17)15(8-24)19(14-5-1-2-6-18(14)23)16(9-25)21(29)27-11-13-4-3-7-26-10-13/h1-7,10,12,27H,11H2. The molecule has 29 heavy (non-hydrogen) atoms. The molecule has 0 aliphatic carbocycles. The molecule has 0 unspecified atom stereocenters. The summed E-state index contributed by atoms with van der Waals surface area (Å²) in [5, 5.41) is 27.8. The fourth-order valence-corrected chi connectivity index (χ4v) is 4.31. The van der Waals surface area contributed by atoms with Crippen molar-refractivity contribution in [3.63, 3.8) is 0 Å². The fraction of sp³-hybridized carbons (Fsp3) is 0.0476. The van der Waals surface area contributed by atoms with Crippen LogP contribution in [0.25, 0.3) is 16.6 Å². The third-order valence-corrected chi connectivity index (χ3v) is 5.98. The molecule has 0 saturated carbocycles. The van der Waals surface area contributed by atoms with Crippen LogP contribution in [0.2, 0.25) is 0 Å². The van der Waals surface area contributed by atoms with Gasteiger partial charge in [-0.3, -0.25) is 4.98 Å². The molecule has 4 rings (SSSR count). The van der Waals surface area contributed by atoms with Crippen LogP contribution in [-0.2, 0) is 6.54 Å². The highest BCUT2D eigenvalue weighted by molar-refractivity contribution is 14.1. The summed E-state index contributed by atoms with van der Waals surface area (Å²) in [5.41, 5.74) is 3.80. The fourth-order valence-electron chi connectivity index (χ4n) is 3.19. The first-order valence-corrected chi connectivity index (χ1v) is 10.4. The Morgan fingerprint density at radius 3 is 2.55 bits per heavy atom. The van der Waals surface area contributed by atoms with Crippen molar-refractivity contribution in [3.8, 4) is 23.3 Å². The van der Waals surface area contributed by atoms with E-state index >= 15 is 0 Å². The SMILES string of the molecule is N#Cc1c(-c2ccccc2I)c(C#N)c2c(Br)cnn2c1NCc1cccnc1. The number of hydrogen-bond acceptors (Lipinski definition) is 5. The second-order valence-electron chi connectivity index (χ2n) is 6.14. The van der Waals surface area contributed by atoms with Crippen LogP contribution < -0.4 is 5.32 Å². The Balaban J connectivity index is 2.02. The average molecular weight is 555 g/mol. The summed E-state index contributed by atoms with van der Waals surface area (Å²) in [6, 6.07) is 16.1. The van der Waals surface area contributed by atoms with Gasteiger partial charge in [0.25, 0.3) is 0 Å². The molecule has 0 aliphatic heterocycles. The Kier molecular flexibility index (Phi) is 5.47. The van der Waals surface area contributed by atoms with Gasteiger partial charge < -0.3 is 5.32 Å². The minimum absolute atomic E-state index is 0.373. The molecule has 0 aliphatic rings. The van der Waals surface area contributed by atoms with Gasteiger partial charge in [0, 0.05) is 28.1 Å². The lowest BCUT2D eigenvalue weighted by Gasteiger charge is -2.17. The van der Waals surface area contributed by atoms with Crippen LogP contribution in [0.1, 0.15) is 16.7 Å². The number of nitriles is 2. The maximum Gasteiger partial charge on any atom is 0.147 e. The van der Waals surface area contributed by atoms with Gasteiger partial charge in [-0.05, 0) is 61.8 Å². The Morgan fingerprint density at radius 2 is 1.86 bits per heavy atom. The van der Waals surface area contributed by atoms with Crippen LogP contribution in [0.3, 0.4) is 0 Å². The van der Waals surface area contributed by atoms with E-state index in [0.29, 0.717) is 39.0 Å². The molecule has 0 amide bonds. The van der Waals surface area contributed by atoms with E-state index < -0.39 is 0 Å². The van der Waals surface area contributed by atoms with Crippen LogP contribution in [0, 0.1) is 26.2 Å². The molecule has 140 valence electrons. The first-order chi connectivity index (χ1) is 14.2. The predicted molar refractivity (Wildman–Crippen MR) is 122 cm³/mol. The van der Waals surface area contributed by atoms with E-state index in [9.17, 15) is 10.5 Å². The lowest BCUT2D eigenvalue weighted by Crippen LogP contribution is -2.10. The Labute approximate surface area is 189 Å².